The van der Waals surface area contributed by atoms with E-state index in [9.17, 15) is 4.79 Å². The summed E-state index contributed by atoms with van der Waals surface area (Å²) >= 11 is 0. The summed E-state index contributed by atoms with van der Waals surface area (Å²) in [6.45, 7) is 6.02. The molecule has 0 saturated carbocycles. The van der Waals surface area contributed by atoms with Crippen LogP contribution >= 0.6 is 0 Å². The molecule has 0 aliphatic carbocycles. The number of carboxylic acid groups (broad SMARTS) is 1. The molecule has 0 amide bonds. The number of nitrogens with zero attached hydrogens (tertiary/aromatic N) is 1. The molecule has 15 heavy (non-hydrogen) atoms. The molecule has 0 bridgehead atoms. The lowest BCUT2D eigenvalue weighted by Crippen LogP contribution is -2.30. The number of hydrogen-bond acceptors (Lipinski definition) is 4. The topological polar surface area (TPSA) is 59.0 Å². The Morgan fingerprint density at radius 1 is 1.27 bits per heavy atom. The quantitative estimate of drug-likeness (QED) is 0.540. The van der Waals surface area contributed by atoms with Gasteiger partial charge < -0.3 is 19.5 Å². The van der Waals surface area contributed by atoms with Gasteiger partial charge in [-0.25, -0.2) is 0 Å². The average Bonchev–Trinajstić information content (AvgIpc) is 2.22. The third-order valence-corrected chi connectivity index (χ3v) is 2.07. The van der Waals surface area contributed by atoms with E-state index in [0.29, 0.717) is 26.4 Å². The highest BCUT2D eigenvalue weighted by Gasteiger charge is 2.04. The standard InChI is InChI=1S/C10H21NO4/c1-3-11(5-4-10(12)13)6-7-15-9-8-14-2/h3-9H2,1-2H3,(H,12,13). The Bertz CT molecular complexity index is 164. The second kappa shape index (κ2) is 9.89. The second-order valence-electron chi connectivity index (χ2n) is 3.18. The van der Waals surface area contributed by atoms with E-state index < -0.39 is 5.97 Å². The van der Waals surface area contributed by atoms with Crippen LogP contribution in [0.25, 0.3) is 0 Å². The van der Waals surface area contributed by atoms with E-state index >= 15 is 0 Å². The lowest BCUT2D eigenvalue weighted by Gasteiger charge is -2.18. The Morgan fingerprint density at radius 2 is 2.00 bits per heavy atom. The van der Waals surface area contributed by atoms with Gasteiger partial charge in [-0.3, -0.25) is 4.79 Å². The summed E-state index contributed by atoms with van der Waals surface area (Å²) in [5.74, 6) is -0.756. The monoisotopic (exact) mass is 219 g/mol. The normalized spacial score (nSPS) is 10.9. The van der Waals surface area contributed by atoms with E-state index in [4.69, 9.17) is 14.6 Å². The molecule has 5 nitrogen and oxygen atoms in total. The van der Waals surface area contributed by atoms with Gasteiger partial charge in [0.25, 0.3) is 0 Å². The van der Waals surface area contributed by atoms with Gasteiger partial charge in [-0.1, -0.05) is 6.92 Å². The third kappa shape index (κ3) is 9.65. The lowest BCUT2D eigenvalue weighted by atomic mass is 10.4. The number of ether oxygens (including phenoxy) is 2. The van der Waals surface area contributed by atoms with Crippen LogP contribution in [0, 0.1) is 0 Å². The molecule has 0 aliphatic heterocycles. The summed E-state index contributed by atoms with van der Waals surface area (Å²) < 4.78 is 10.1. The van der Waals surface area contributed by atoms with Crippen molar-refractivity contribution in [3.63, 3.8) is 0 Å². The van der Waals surface area contributed by atoms with Crippen LogP contribution in [-0.4, -0.2) is 62.5 Å². The first-order valence-electron chi connectivity index (χ1n) is 5.21. The maximum Gasteiger partial charge on any atom is 0.304 e. The summed E-state index contributed by atoms with van der Waals surface area (Å²) in [6.07, 6.45) is 0.186. The molecule has 0 aromatic carbocycles. The molecule has 90 valence electrons. The molecule has 0 aromatic rings. The van der Waals surface area contributed by atoms with Crippen LogP contribution in [0.3, 0.4) is 0 Å². The molecule has 0 heterocycles. The highest BCUT2D eigenvalue weighted by Crippen LogP contribution is 1.91. The summed E-state index contributed by atoms with van der Waals surface area (Å²) in [5.41, 5.74) is 0. The minimum absolute atomic E-state index is 0.186. The zero-order valence-electron chi connectivity index (χ0n) is 9.57. The van der Waals surface area contributed by atoms with Gasteiger partial charge in [0, 0.05) is 20.2 Å². The first kappa shape index (κ1) is 14.3. The third-order valence-electron chi connectivity index (χ3n) is 2.07. The van der Waals surface area contributed by atoms with E-state index in [0.717, 1.165) is 13.1 Å². The zero-order valence-corrected chi connectivity index (χ0v) is 9.57. The smallest absolute Gasteiger partial charge is 0.304 e. The number of rotatable bonds is 10. The number of carbonyl (C=O) groups is 1. The Morgan fingerprint density at radius 3 is 2.53 bits per heavy atom. The highest BCUT2D eigenvalue weighted by atomic mass is 16.5. The van der Waals surface area contributed by atoms with Crippen LogP contribution < -0.4 is 0 Å². The molecule has 0 aliphatic rings. The van der Waals surface area contributed by atoms with E-state index in [1.807, 2.05) is 6.92 Å². The fraction of sp³-hybridized carbons (Fsp3) is 0.900. The van der Waals surface area contributed by atoms with E-state index in [1.54, 1.807) is 7.11 Å². The van der Waals surface area contributed by atoms with E-state index in [2.05, 4.69) is 4.90 Å². The largest absolute Gasteiger partial charge is 0.481 e. The zero-order chi connectivity index (χ0) is 11.5. The van der Waals surface area contributed by atoms with Crippen LogP contribution in [0.2, 0.25) is 0 Å². The Kier molecular flexibility index (Phi) is 9.46. The first-order chi connectivity index (χ1) is 7.20. The molecule has 0 saturated heterocycles. The van der Waals surface area contributed by atoms with Gasteiger partial charge in [0.2, 0.25) is 0 Å². The summed E-state index contributed by atoms with van der Waals surface area (Å²) in [4.78, 5) is 12.4. The molecule has 0 fully saturated rings. The van der Waals surface area contributed by atoms with Gasteiger partial charge in [-0.15, -0.1) is 0 Å². The molecule has 0 spiro atoms. The van der Waals surface area contributed by atoms with Crippen molar-refractivity contribution < 1.29 is 19.4 Å². The summed E-state index contributed by atoms with van der Waals surface area (Å²) in [5, 5.41) is 8.52. The molecule has 0 aromatic heterocycles. The van der Waals surface area contributed by atoms with Crippen LogP contribution in [0.5, 0.6) is 0 Å². The Hall–Kier alpha value is -0.650. The van der Waals surface area contributed by atoms with Crippen molar-refractivity contribution >= 4 is 5.97 Å². The number of aliphatic carboxylic acids is 1. The number of carboxylic acids is 1. The van der Waals surface area contributed by atoms with Crippen LogP contribution in [0.15, 0.2) is 0 Å². The SMILES string of the molecule is CCN(CCOCCOC)CCC(=O)O. The van der Waals surface area contributed by atoms with Crippen molar-refractivity contribution in [1.29, 1.82) is 0 Å². The van der Waals surface area contributed by atoms with Crippen molar-refractivity contribution in [3.8, 4) is 0 Å². The summed E-state index contributed by atoms with van der Waals surface area (Å²) in [7, 11) is 1.63. The van der Waals surface area contributed by atoms with Gasteiger partial charge in [0.05, 0.1) is 26.2 Å². The predicted octanol–water partition coefficient (Wildman–Crippen LogP) is 0.446. The average molecular weight is 219 g/mol. The second-order valence-corrected chi connectivity index (χ2v) is 3.18. The van der Waals surface area contributed by atoms with Gasteiger partial charge in [-0.05, 0) is 6.54 Å². The lowest BCUT2D eigenvalue weighted by molar-refractivity contribution is -0.137. The van der Waals surface area contributed by atoms with Crippen molar-refractivity contribution in [2.75, 3.05) is 46.6 Å². The fourth-order valence-electron chi connectivity index (χ4n) is 1.12. The highest BCUT2D eigenvalue weighted by molar-refractivity contribution is 5.66. The van der Waals surface area contributed by atoms with Crippen molar-refractivity contribution in [3.05, 3.63) is 0 Å². The van der Waals surface area contributed by atoms with Crippen molar-refractivity contribution in [2.45, 2.75) is 13.3 Å². The number of methoxy groups -OCH3 is 1. The molecule has 1 N–H and O–H groups in total. The van der Waals surface area contributed by atoms with Crippen molar-refractivity contribution in [2.24, 2.45) is 0 Å². The predicted molar refractivity (Wildman–Crippen MR) is 57.1 cm³/mol. The van der Waals surface area contributed by atoms with Gasteiger partial charge in [0.15, 0.2) is 0 Å². The van der Waals surface area contributed by atoms with Crippen LogP contribution in [-0.2, 0) is 14.3 Å². The van der Waals surface area contributed by atoms with Crippen molar-refractivity contribution in [1.82, 2.24) is 4.90 Å². The summed E-state index contributed by atoms with van der Waals surface area (Å²) in [6, 6.07) is 0. The van der Waals surface area contributed by atoms with Gasteiger partial charge in [-0.2, -0.15) is 0 Å². The fourth-order valence-corrected chi connectivity index (χ4v) is 1.12. The van der Waals surface area contributed by atoms with E-state index in [1.165, 1.54) is 0 Å². The first-order valence-corrected chi connectivity index (χ1v) is 5.21. The maximum atomic E-state index is 10.4. The Balaban J connectivity index is 3.40. The minimum Gasteiger partial charge on any atom is -0.481 e. The molecule has 0 unspecified atom stereocenters. The van der Waals surface area contributed by atoms with Gasteiger partial charge >= 0.3 is 5.97 Å². The molecule has 0 atom stereocenters. The Labute approximate surface area is 91.0 Å². The molecule has 0 rings (SSSR count). The molecular formula is C10H21NO4. The van der Waals surface area contributed by atoms with Crippen LogP contribution in [0.1, 0.15) is 13.3 Å². The molecule has 0 radical (unpaired) electrons. The number of likely N-dealkylation sites (N-methyl/N-ethyl adjacent to an activating group) is 1. The van der Waals surface area contributed by atoms with Crippen LogP contribution in [0.4, 0.5) is 0 Å². The molecular weight excluding hydrogens is 198 g/mol. The minimum atomic E-state index is -0.756. The molecule has 5 heteroatoms. The van der Waals surface area contributed by atoms with Gasteiger partial charge in [0.1, 0.15) is 0 Å². The number of hydrogen-bond donors (Lipinski definition) is 1. The van der Waals surface area contributed by atoms with E-state index in [-0.39, 0.29) is 6.42 Å². The maximum absolute atomic E-state index is 10.4.